The molecule has 2 aliphatic rings. The molecule has 0 radical (unpaired) electrons. The molecule has 0 saturated carbocycles. The van der Waals surface area contributed by atoms with Gasteiger partial charge in [-0.05, 0) is 77.9 Å². The summed E-state index contributed by atoms with van der Waals surface area (Å²) in [5, 5.41) is 2.89. The van der Waals surface area contributed by atoms with Gasteiger partial charge in [0, 0.05) is 41.9 Å². The molecule has 8 nitrogen and oxygen atoms in total. The number of hydrogen-bond donors (Lipinski definition) is 2. The summed E-state index contributed by atoms with van der Waals surface area (Å²) < 4.78 is 18.8. The van der Waals surface area contributed by atoms with Gasteiger partial charge >= 0.3 is 0 Å². The molecular weight excluding hydrogens is 434 g/mol. The van der Waals surface area contributed by atoms with Gasteiger partial charge in [0.1, 0.15) is 6.10 Å². The highest BCUT2D eigenvalue weighted by Gasteiger charge is 2.48. The fourth-order valence-corrected chi connectivity index (χ4v) is 4.83. The lowest BCUT2D eigenvalue weighted by Gasteiger charge is -2.38. The van der Waals surface area contributed by atoms with E-state index in [4.69, 9.17) is 14.2 Å². The molecule has 1 amide bonds. The molecule has 8 heteroatoms. The van der Waals surface area contributed by atoms with Gasteiger partial charge in [-0.3, -0.25) is 9.59 Å². The van der Waals surface area contributed by atoms with Crippen LogP contribution in [0.5, 0.6) is 11.5 Å². The number of nitrogens with zero attached hydrogens (tertiary/aromatic N) is 1. The van der Waals surface area contributed by atoms with E-state index in [1.54, 1.807) is 0 Å². The molecule has 4 rings (SSSR count). The second-order valence-corrected chi connectivity index (χ2v) is 9.89. The van der Waals surface area contributed by atoms with Crippen LogP contribution in [0.1, 0.15) is 58.1 Å². The average molecular weight is 470 g/mol. The van der Waals surface area contributed by atoms with Crippen molar-refractivity contribution < 1.29 is 19.0 Å². The Morgan fingerprint density at radius 1 is 1.12 bits per heavy atom. The number of aromatic amines is 1. The lowest BCUT2D eigenvalue weighted by Crippen LogP contribution is -2.53. The topological polar surface area (TPSA) is 92.9 Å². The second-order valence-electron chi connectivity index (χ2n) is 9.89. The van der Waals surface area contributed by atoms with Crippen molar-refractivity contribution in [2.24, 2.45) is 0 Å². The minimum absolute atomic E-state index is 0.147. The highest BCUT2D eigenvalue weighted by Crippen LogP contribution is 2.48. The zero-order chi connectivity index (χ0) is 24.8. The molecule has 1 aromatic carbocycles. The summed E-state index contributed by atoms with van der Waals surface area (Å²) >= 11 is 0. The van der Waals surface area contributed by atoms with Crippen LogP contribution in [-0.4, -0.2) is 54.4 Å². The molecule has 2 aliphatic heterocycles. The maximum Gasteiger partial charge on any atom is 0.274 e. The summed E-state index contributed by atoms with van der Waals surface area (Å²) in [5.74, 6) is 0.0232. The van der Waals surface area contributed by atoms with Crippen molar-refractivity contribution in [2.45, 2.75) is 71.9 Å². The number of likely N-dealkylation sites (N-methyl/N-ethyl adjacent to an activating group) is 1. The summed E-state index contributed by atoms with van der Waals surface area (Å²) in [5.41, 5.74) is 4.03. The van der Waals surface area contributed by atoms with Crippen LogP contribution in [0, 0.1) is 27.7 Å². The third-order valence-corrected chi connectivity index (χ3v) is 7.01. The first kappa shape index (κ1) is 24.3. The summed E-state index contributed by atoms with van der Waals surface area (Å²) in [4.78, 5) is 30.4. The molecule has 3 heterocycles. The lowest BCUT2D eigenvalue weighted by atomic mass is 9.99. The summed E-state index contributed by atoms with van der Waals surface area (Å²) in [6.07, 6.45) is 1.62. The summed E-state index contributed by atoms with van der Waals surface area (Å²) in [6.45, 7) is 10.1. The normalized spacial score (nSPS) is 23.9. The Kier molecular flexibility index (Phi) is 6.48. The summed E-state index contributed by atoms with van der Waals surface area (Å²) in [6, 6.07) is 4.09. The second kappa shape index (κ2) is 9.07. The predicted molar refractivity (Wildman–Crippen MR) is 130 cm³/mol. The molecule has 2 N–H and O–H groups in total. The van der Waals surface area contributed by atoms with Gasteiger partial charge in [0.25, 0.3) is 17.3 Å². The standard InChI is InChI=1S/C26H35N3O5/c1-14-10-16(3)28-25(31)20(14)12-27-24(30)19-11-15(2)22-23(17(19)4)34-26(5,33-22)21-9-8-18(13-32-21)29(6)7/h10-11,18,21H,8-9,12-13H2,1-7H3,(H,27,30)(H,28,31)/t18-,21+,26?/m1/s1. The molecule has 34 heavy (non-hydrogen) atoms. The SMILES string of the molecule is Cc1cc(C)c(CNC(=O)c2cc(C)c3c(c2C)OC(C)([C@@H]2CC[C@@H](N(C)C)CO2)O3)c(=O)[nH]1. The number of pyridine rings is 1. The number of aryl methyl sites for hydroxylation is 3. The van der Waals surface area contributed by atoms with Crippen LogP contribution in [0.4, 0.5) is 0 Å². The summed E-state index contributed by atoms with van der Waals surface area (Å²) in [7, 11) is 4.12. The number of hydrogen-bond acceptors (Lipinski definition) is 6. The van der Waals surface area contributed by atoms with Gasteiger partial charge in [-0.1, -0.05) is 0 Å². The molecule has 0 spiro atoms. The molecule has 1 aromatic heterocycles. The Bertz CT molecular complexity index is 1160. The first-order chi connectivity index (χ1) is 16.0. The molecule has 1 unspecified atom stereocenters. The minimum Gasteiger partial charge on any atom is -0.446 e. The number of benzene rings is 1. The number of nitrogens with one attached hydrogen (secondary N) is 2. The maximum absolute atomic E-state index is 13.1. The highest BCUT2D eigenvalue weighted by atomic mass is 16.8. The van der Waals surface area contributed by atoms with E-state index >= 15 is 0 Å². The van der Waals surface area contributed by atoms with Crippen molar-refractivity contribution in [3.8, 4) is 11.5 Å². The molecule has 184 valence electrons. The van der Waals surface area contributed by atoms with Gasteiger partial charge in [0.05, 0.1) is 6.61 Å². The van der Waals surface area contributed by atoms with Crippen molar-refractivity contribution in [1.82, 2.24) is 15.2 Å². The maximum atomic E-state index is 13.1. The molecule has 0 bridgehead atoms. The lowest BCUT2D eigenvalue weighted by molar-refractivity contribution is -0.190. The third kappa shape index (κ3) is 4.44. The molecule has 1 saturated heterocycles. The number of aromatic nitrogens is 1. The number of fused-ring (bicyclic) bond motifs is 1. The van der Waals surface area contributed by atoms with Crippen molar-refractivity contribution in [2.75, 3.05) is 20.7 Å². The number of amides is 1. The van der Waals surface area contributed by atoms with E-state index in [9.17, 15) is 9.59 Å². The highest BCUT2D eigenvalue weighted by molar-refractivity contribution is 5.97. The van der Waals surface area contributed by atoms with Gasteiger partial charge in [-0.15, -0.1) is 0 Å². The Labute approximate surface area is 200 Å². The van der Waals surface area contributed by atoms with Crippen molar-refractivity contribution in [3.05, 3.63) is 56.0 Å². The molecule has 0 aliphatic carbocycles. The van der Waals surface area contributed by atoms with Crippen molar-refractivity contribution in [3.63, 3.8) is 0 Å². The number of carbonyl (C=O) groups excluding carboxylic acids is 1. The number of carbonyl (C=O) groups is 1. The van der Waals surface area contributed by atoms with Crippen LogP contribution < -0.4 is 20.3 Å². The van der Waals surface area contributed by atoms with E-state index < -0.39 is 5.79 Å². The first-order valence-electron chi connectivity index (χ1n) is 11.8. The van der Waals surface area contributed by atoms with E-state index in [-0.39, 0.29) is 24.1 Å². The Morgan fingerprint density at radius 3 is 2.44 bits per heavy atom. The van der Waals surface area contributed by atoms with Gasteiger partial charge < -0.3 is 29.4 Å². The van der Waals surface area contributed by atoms with Crippen LogP contribution in [0.15, 0.2) is 16.9 Å². The molecule has 3 atom stereocenters. The first-order valence-corrected chi connectivity index (χ1v) is 11.8. The van der Waals surface area contributed by atoms with Crippen molar-refractivity contribution in [1.29, 1.82) is 0 Å². The average Bonchev–Trinajstić information content (AvgIpc) is 3.15. The zero-order valence-corrected chi connectivity index (χ0v) is 21.1. The van der Waals surface area contributed by atoms with Crippen LogP contribution in [-0.2, 0) is 11.3 Å². The Morgan fingerprint density at radius 2 is 1.82 bits per heavy atom. The van der Waals surface area contributed by atoms with E-state index in [2.05, 4.69) is 29.3 Å². The number of rotatable bonds is 5. The molecular formula is C26H35N3O5. The van der Waals surface area contributed by atoms with Gasteiger partial charge in [-0.2, -0.15) is 0 Å². The fourth-order valence-electron chi connectivity index (χ4n) is 4.83. The smallest absolute Gasteiger partial charge is 0.274 e. The number of ether oxygens (including phenoxy) is 3. The monoisotopic (exact) mass is 469 g/mol. The minimum atomic E-state index is -0.948. The quantitative estimate of drug-likeness (QED) is 0.699. The van der Waals surface area contributed by atoms with E-state index in [0.29, 0.717) is 40.8 Å². The third-order valence-electron chi connectivity index (χ3n) is 7.01. The van der Waals surface area contributed by atoms with Gasteiger partial charge in [-0.25, -0.2) is 0 Å². The van der Waals surface area contributed by atoms with Crippen LogP contribution in [0.2, 0.25) is 0 Å². The van der Waals surface area contributed by atoms with Crippen LogP contribution in [0.3, 0.4) is 0 Å². The number of H-pyrrole nitrogens is 1. The van der Waals surface area contributed by atoms with E-state index in [1.807, 2.05) is 46.8 Å². The predicted octanol–water partition coefficient (Wildman–Crippen LogP) is 3.14. The van der Waals surface area contributed by atoms with E-state index in [0.717, 1.165) is 29.7 Å². The zero-order valence-electron chi connectivity index (χ0n) is 21.1. The van der Waals surface area contributed by atoms with Gasteiger partial charge in [0.15, 0.2) is 11.5 Å². The van der Waals surface area contributed by atoms with Crippen LogP contribution in [0.25, 0.3) is 0 Å². The molecule has 2 aromatic rings. The van der Waals surface area contributed by atoms with Crippen LogP contribution >= 0.6 is 0 Å². The Hall–Kier alpha value is -2.84. The van der Waals surface area contributed by atoms with Gasteiger partial charge in [0.2, 0.25) is 0 Å². The van der Waals surface area contributed by atoms with E-state index in [1.165, 1.54) is 0 Å². The largest absolute Gasteiger partial charge is 0.446 e. The molecule has 1 fully saturated rings. The Balaban J connectivity index is 1.52. The fraction of sp³-hybridized carbons (Fsp3) is 0.538. The van der Waals surface area contributed by atoms with Crippen molar-refractivity contribution >= 4 is 5.91 Å².